The van der Waals surface area contributed by atoms with Crippen LogP contribution in [0, 0.1) is 5.92 Å². The van der Waals surface area contributed by atoms with Crippen molar-refractivity contribution in [3.05, 3.63) is 22.4 Å². The van der Waals surface area contributed by atoms with Crippen molar-refractivity contribution in [3.63, 3.8) is 0 Å². The van der Waals surface area contributed by atoms with E-state index >= 15 is 0 Å². The molecule has 0 aromatic carbocycles. The number of thiophene rings is 1. The minimum Gasteiger partial charge on any atom is -0.299 e. The predicted octanol–water partition coefficient (Wildman–Crippen LogP) is 3.44. The molecule has 0 unspecified atom stereocenters. The standard InChI is InChI=1S/C12H16OS/c13-11(8-10-4-1-2-5-10)9-12-6-3-7-14-12/h3,6-7,10H,1-2,4-5,8-9H2. The van der Waals surface area contributed by atoms with Crippen molar-refractivity contribution in [1.82, 2.24) is 0 Å². The number of hydrogen-bond acceptors (Lipinski definition) is 2. The first-order valence-electron chi connectivity index (χ1n) is 5.38. The lowest BCUT2D eigenvalue weighted by atomic mass is 9.99. The van der Waals surface area contributed by atoms with Gasteiger partial charge in [-0.05, 0) is 17.4 Å². The molecule has 0 aliphatic heterocycles. The van der Waals surface area contributed by atoms with Gasteiger partial charge >= 0.3 is 0 Å². The summed E-state index contributed by atoms with van der Waals surface area (Å²) in [7, 11) is 0. The molecule has 0 radical (unpaired) electrons. The van der Waals surface area contributed by atoms with Crippen LogP contribution in [-0.4, -0.2) is 5.78 Å². The molecule has 0 atom stereocenters. The molecule has 2 heteroatoms. The molecular weight excluding hydrogens is 192 g/mol. The highest BCUT2D eigenvalue weighted by Gasteiger charge is 2.18. The van der Waals surface area contributed by atoms with Gasteiger partial charge in [0.25, 0.3) is 0 Å². The number of carbonyl (C=O) groups excluding carboxylic acids is 1. The van der Waals surface area contributed by atoms with Crippen LogP contribution in [0.25, 0.3) is 0 Å². The maximum absolute atomic E-state index is 11.7. The molecule has 0 spiro atoms. The molecule has 0 bridgehead atoms. The van der Waals surface area contributed by atoms with Gasteiger partial charge in [0.2, 0.25) is 0 Å². The summed E-state index contributed by atoms with van der Waals surface area (Å²) in [6.45, 7) is 0. The fourth-order valence-corrected chi connectivity index (χ4v) is 2.95. The Morgan fingerprint density at radius 1 is 1.43 bits per heavy atom. The lowest BCUT2D eigenvalue weighted by Crippen LogP contribution is -2.07. The van der Waals surface area contributed by atoms with Crippen LogP contribution in [0.2, 0.25) is 0 Å². The highest BCUT2D eigenvalue weighted by molar-refractivity contribution is 7.10. The van der Waals surface area contributed by atoms with E-state index in [-0.39, 0.29) is 0 Å². The molecule has 76 valence electrons. The van der Waals surface area contributed by atoms with E-state index in [0.717, 1.165) is 6.42 Å². The van der Waals surface area contributed by atoms with E-state index in [2.05, 4.69) is 6.07 Å². The largest absolute Gasteiger partial charge is 0.299 e. The van der Waals surface area contributed by atoms with Gasteiger partial charge in [0.1, 0.15) is 5.78 Å². The monoisotopic (exact) mass is 208 g/mol. The quantitative estimate of drug-likeness (QED) is 0.740. The van der Waals surface area contributed by atoms with Crippen LogP contribution in [0.1, 0.15) is 37.0 Å². The maximum atomic E-state index is 11.7. The van der Waals surface area contributed by atoms with Crippen molar-refractivity contribution >= 4 is 17.1 Å². The van der Waals surface area contributed by atoms with E-state index < -0.39 is 0 Å². The Morgan fingerprint density at radius 3 is 2.86 bits per heavy atom. The first kappa shape index (κ1) is 9.91. The van der Waals surface area contributed by atoms with E-state index in [1.54, 1.807) is 11.3 Å². The fourth-order valence-electron chi connectivity index (χ4n) is 2.22. The van der Waals surface area contributed by atoms with Crippen LogP contribution in [-0.2, 0) is 11.2 Å². The van der Waals surface area contributed by atoms with Gasteiger partial charge < -0.3 is 0 Å². The summed E-state index contributed by atoms with van der Waals surface area (Å²) in [5.74, 6) is 1.13. The zero-order chi connectivity index (χ0) is 9.80. The zero-order valence-electron chi connectivity index (χ0n) is 8.37. The molecular formula is C12H16OS. The minimum absolute atomic E-state index is 0.430. The Kier molecular flexibility index (Phi) is 3.35. The maximum Gasteiger partial charge on any atom is 0.138 e. The third-order valence-corrected chi connectivity index (χ3v) is 3.82. The lowest BCUT2D eigenvalue weighted by molar-refractivity contribution is -0.119. The molecule has 1 aromatic rings. The molecule has 1 heterocycles. The summed E-state index contributed by atoms with van der Waals surface area (Å²) in [5.41, 5.74) is 0. The summed E-state index contributed by atoms with van der Waals surface area (Å²) in [6, 6.07) is 4.07. The number of Topliss-reactive ketones (excluding diaryl/α,β-unsaturated/α-hetero) is 1. The minimum atomic E-state index is 0.430. The average Bonchev–Trinajstić information content (AvgIpc) is 2.76. The number of rotatable bonds is 4. The van der Waals surface area contributed by atoms with Gasteiger partial charge in [-0.25, -0.2) is 0 Å². The molecule has 2 rings (SSSR count). The Morgan fingerprint density at radius 2 is 2.21 bits per heavy atom. The smallest absolute Gasteiger partial charge is 0.138 e. The van der Waals surface area contributed by atoms with E-state index in [4.69, 9.17) is 0 Å². The van der Waals surface area contributed by atoms with Crippen molar-refractivity contribution in [3.8, 4) is 0 Å². The molecule has 1 nitrogen and oxygen atoms in total. The molecule has 1 aliphatic carbocycles. The summed E-state index contributed by atoms with van der Waals surface area (Å²) >= 11 is 1.69. The topological polar surface area (TPSA) is 17.1 Å². The Hall–Kier alpha value is -0.630. The van der Waals surface area contributed by atoms with Crippen LogP contribution in [0.5, 0.6) is 0 Å². The third-order valence-electron chi connectivity index (χ3n) is 2.94. The fraction of sp³-hybridized carbons (Fsp3) is 0.583. The zero-order valence-corrected chi connectivity index (χ0v) is 9.19. The van der Waals surface area contributed by atoms with Crippen molar-refractivity contribution < 1.29 is 4.79 Å². The van der Waals surface area contributed by atoms with Gasteiger partial charge in [0.05, 0.1) is 0 Å². The number of carbonyl (C=O) groups is 1. The van der Waals surface area contributed by atoms with E-state index in [9.17, 15) is 4.79 Å². The third kappa shape index (κ3) is 2.68. The molecule has 0 amide bonds. The molecule has 0 saturated heterocycles. The van der Waals surface area contributed by atoms with E-state index in [1.807, 2.05) is 11.4 Å². The molecule has 1 saturated carbocycles. The van der Waals surface area contributed by atoms with Crippen molar-refractivity contribution in [2.75, 3.05) is 0 Å². The molecule has 1 fully saturated rings. The Balaban J connectivity index is 1.78. The van der Waals surface area contributed by atoms with Crippen molar-refractivity contribution in [2.24, 2.45) is 5.92 Å². The van der Waals surface area contributed by atoms with Crippen LogP contribution >= 0.6 is 11.3 Å². The summed E-state index contributed by atoms with van der Waals surface area (Å²) in [6.07, 6.45) is 6.69. The van der Waals surface area contributed by atoms with Gasteiger partial charge in [-0.3, -0.25) is 4.79 Å². The predicted molar refractivity (Wildman–Crippen MR) is 59.6 cm³/mol. The first-order valence-corrected chi connectivity index (χ1v) is 6.26. The second-order valence-electron chi connectivity index (χ2n) is 4.15. The average molecular weight is 208 g/mol. The van der Waals surface area contributed by atoms with Crippen molar-refractivity contribution in [2.45, 2.75) is 38.5 Å². The summed E-state index contributed by atoms with van der Waals surface area (Å²) in [5, 5.41) is 2.04. The highest BCUT2D eigenvalue weighted by Crippen LogP contribution is 2.28. The van der Waals surface area contributed by atoms with Crippen LogP contribution < -0.4 is 0 Å². The van der Waals surface area contributed by atoms with Crippen LogP contribution in [0.3, 0.4) is 0 Å². The molecule has 1 aromatic heterocycles. The lowest BCUT2D eigenvalue weighted by Gasteiger charge is -2.06. The van der Waals surface area contributed by atoms with Gasteiger partial charge in [0, 0.05) is 17.7 Å². The second-order valence-corrected chi connectivity index (χ2v) is 5.18. The van der Waals surface area contributed by atoms with Gasteiger partial charge in [-0.15, -0.1) is 11.3 Å². The van der Waals surface area contributed by atoms with Gasteiger partial charge in [-0.2, -0.15) is 0 Å². The normalized spacial score (nSPS) is 17.4. The van der Waals surface area contributed by atoms with Crippen LogP contribution in [0.4, 0.5) is 0 Å². The summed E-state index contributed by atoms with van der Waals surface area (Å²) in [4.78, 5) is 12.9. The molecule has 1 aliphatic rings. The van der Waals surface area contributed by atoms with Crippen molar-refractivity contribution in [1.29, 1.82) is 0 Å². The Labute approximate surface area is 89.1 Å². The SMILES string of the molecule is O=C(Cc1cccs1)CC1CCCC1. The van der Waals surface area contributed by atoms with E-state index in [0.29, 0.717) is 18.1 Å². The molecule has 14 heavy (non-hydrogen) atoms. The van der Waals surface area contributed by atoms with Crippen LogP contribution in [0.15, 0.2) is 17.5 Å². The number of ketones is 1. The number of hydrogen-bond donors (Lipinski definition) is 0. The second kappa shape index (κ2) is 4.74. The van der Waals surface area contributed by atoms with Gasteiger partial charge in [0.15, 0.2) is 0 Å². The van der Waals surface area contributed by atoms with E-state index in [1.165, 1.54) is 30.6 Å². The Bertz CT molecular complexity index is 283. The summed E-state index contributed by atoms with van der Waals surface area (Å²) < 4.78 is 0. The first-order chi connectivity index (χ1) is 6.84. The highest BCUT2D eigenvalue weighted by atomic mass is 32.1. The van der Waals surface area contributed by atoms with Gasteiger partial charge in [-0.1, -0.05) is 31.7 Å². The molecule has 0 N–H and O–H groups in total.